The molecule has 1 atom stereocenters. The van der Waals surface area contributed by atoms with E-state index in [1.165, 1.54) is 16.6 Å². The van der Waals surface area contributed by atoms with Gasteiger partial charge in [-0.15, -0.1) is 0 Å². The van der Waals surface area contributed by atoms with E-state index in [0.29, 0.717) is 5.92 Å². The van der Waals surface area contributed by atoms with E-state index in [9.17, 15) is 0 Å². The first-order valence-electron chi connectivity index (χ1n) is 9.82. The normalized spacial score (nSPS) is 15.8. The fraction of sp³-hybridized carbons (Fsp3) is 0.348. The molecule has 2 aromatic heterocycles. The van der Waals surface area contributed by atoms with Crippen molar-refractivity contribution in [3.63, 3.8) is 0 Å². The minimum Gasteiger partial charge on any atom is -0.331 e. The van der Waals surface area contributed by atoms with Crippen molar-refractivity contribution in [3.05, 3.63) is 69.0 Å². The maximum Gasteiger partial charge on any atom is 0.129 e. The summed E-state index contributed by atoms with van der Waals surface area (Å²) in [5, 5.41) is 0. The van der Waals surface area contributed by atoms with E-state index in [4.69, 9.17) is 4.98 Å². The van der Waals surface area contributed by atoms with Crippen LogP contribution in [0.25, 0.3) is 17.1 Å². The van der Waals surface area contributed by atoms with Crippen LogP contribution in [0, 0.1) is 13.8 Å². The van der Waals surface area contributed by atoms with Gasteiger partial charge in [0.05, 0.1) is 26.9 Å². The number of rotatable bonds is 4. The Balaban J connectivity index is 1.70. The molecule has 1 aliphatic carbocycles. The minimum absolute atomic E-state index is 0.446. The quantitative estimate of drug-likeness (QED) is 0.533. The summed E-state index contributed by atoms with van der Waals surface area (Å²) in [4.78, 5) is 14.3. The number of nitrogens with zero attached hydrogens (tertiary/aromatic N) is 4. The van der Waals surface area contributed by atoms with Crippen LogP contribution >= 0.6 is 15.9 Å². The molecule has 0 saturated carbocycles. The van der Waals surface area contributed by atoms with Crippen molar-refractivity contribution >= 4 is 33.0 Å². The molecule has 1 aliphatic rings. The van der Waals surface area contributed by atoms with Crippen LogP contribution in [-0.2, 0) is 19.9 Å². The molecular formula is C23H25BrN4. The summed E-state index contributed by atoms with van der Waals surface area (Å²) in [7, 11) is 2.10. The van der Waals surface area contributed by atoms with E-state index in [2.05, 4.69) is 80.9 Å². The third-order valence-corrected chi connectivity index (χ3v) is 6.72. The molecule has 3 aromatic rings. The Morgan fingerprint density at radius 2 is 1.79 bits per heavy atom. The number of imidazole rings is 1. The highest BCUT2D eigenvalue weighted by Gasteiger charge is 2.18. The molecule has 28 heavy (non-hydrogen) atoms. The predicted molar refractivity (Wildman–Crippen MR) is 119 cm³/mol. The van der Waals surface area contributed by atoms with Gasteiger partial charge in [-0.05, 0) is 47.8 Å². The lowest BCUT2D eigenvalue weighted by atomic mass is 9.92. The molecule has 0 amide bonds. The van der Waals surface area contributed by atoms with E-state index in [-0.39, 0.29) is 0 Å². The van der Waals surface area contributed by atoms with Crippen LogP contribution in [0.4, 0.5) is 0 Å². The number of hydrogen-bond acceptors (Lipinski definition) is 3. The van der Waals surface area contributed by atoms with E-state index in [1.807, 2.05) is 13.8 Å². The van der Waals surface area contributed by atoms with Crippen molar-refractivity contribution in [2.24, 2.45) is 7.05 Å². The summed E-state index contributed by atoms with van der Waals surface area (Å²) in [5.74, 6) is 2.39. The zero-order valence-electron chi connectivity index (χ0n) is 16.8. The average Bonchev–Trinajstić information content (AvgIpc) is 2.87. The molecule has 1 aromatic carbocycles. The van der Waals surface area contributed by atoms with Crippen molar-refractivity contribution in [3.8, 4) is 0 Å². The molecular weight excluding hydrogens is 412 g/mol. The van der Waals surface area contributed by atoms with Crippen molar-refractivity contribution < 1.29 is 0 Å². The highest BCUT2D eigenvalue weighted by Crippen LogP contribution is 2.33. The van der Waals surface area contributed by atoms with Crippen LogP contribution in [-0.4, -0.2) is 19.5 Å². The molecule has 0 N–H and O–H groups in total. The molecule has 0 bridgehead atoms. The molecule has 0 radical (unpaired) electrons. The maximum absolute atomic E-state index is 5.03. The summed E-state index contributed by atoms with van der Waals surface area (Å²) in [6, 6.07) is 4.48. The van der Waals surface area contributed by atoms with Gasteiger partial charge in [0.1, 0.15) is 11.6 Å². The standard InChI is InChI=1S/C23H25BrN4/c1-5-16-8-6-7-9-18-17(16)10-11-19-23(18)27-21(28(19)4)13-12-20-25-14(2)22(24)15(3)26-20/h6-11,16H,5,12-13H2,1-4H3. The van der Waals surface area contributed by atoms with Gasteiger partial charge in [-0.1, -0.05) is 37.3 Å². The number of benzene rings is 1. The van der Waals surface area contributed by atoms with E-state index < -0.39 is 0 Å². The molecule has 5 heteroatoms. The molecule has 0 spiro atoms. The van der Waals surface area contributed by atoms with Crippen molar-refractivity contribution in [1.29, 1.82) is 0 Å². The van der Waals surface area contributed by atoms with Gasteiger partial charge in [0.2, 0.25) is 0 Å². The van der Waals surface area contributed by atoms with Crippen LogP contribution in [0.1, 0.15) is 53.4 Å². The van der Waals surface area contributed by atoms with E-state index in [1.54, 1.807) is 0 Å². The molecule has 2 heterocycles. The van der Waals surface area contributed by atoms with Crippen LogP contribution < -0.4 is 0 Å². The summed E-state index contributed by atoms with van der Waals surface area (Å²) < 4.78 is 3.20. The maximum atomic E-state index is 5.03. The molecule has 0 aliphatic heterocycles. The van der Waals surface area contributed by atoms with Crippen molar-refractivity contribution in [1.82, 2.24) is 19.5 Å². The Labute approximate surface area is 174 Å². The van der Waals surface area contributed by atoms with Crippen molar-refractivity contribution in [2.45, 2.75) is 46.0 Å². The first-order chi connectivity index (χ1) is 13.5. The van der Waals surface area contributed by atoms with Gasteiger partial charge in [0.25, 0.3) is 0 Å². The Morgan fingerprint density at radius 3 is 2.50 bits per heavy atom. The van der Waals surface area contributed by atoms with Crippen LogP contribution in [0.5, 0.6) is 0 Å². The lowest BCUT2D eigenvalue weighted by Crippen LogP contribution is -2.05. The Morgan fingerprint density at radius 1 is 1.04 bits per heavy atom. The highest BCUT2D eigenvalue weighted by atomic mass is 79.9. The van der Waals surface area contributed by atoms with Crippen LogP contribution in [0.2, 0.25) is 0 Å². The van der Waals surface area contributed by atoms with Gasteiger partial charge in [0.15, 0.2) is 0 Å². The Kier molecular flexibility index (Phi) is 5.19. The third kappa shape index (κ3) is 3.32. The molecule has 0 fully saturated rings. The Bertz CT molecular complexity index is 1080. The second-order valence-electron chi connectivity index (χ2n) is 7.41. The number of aromatic nitrogens is 4. The summed E-state index contributed by atoms with van der Waals surface area (Å²) in [5.41, 5.74) is 6.87. The zero-order valence-corrected chi connectivity index (χ0v) is 18.4. The van der Waals surface area contributed by atoms with Crippen LogP contribution in [0.3, 0.4) is 0 Å². The minimum atomic E-state index is 0.446. The van der Waals surface area contributed by atoms with Gasteiger partial charge < -0.3 is 4.57 Å². The van der Waals surface area contributed by atoms with Crippen molar-refractivity contribution in [2.75, 3.05) is 0 Å². The predicted octanol–water partition coefficient (Wildman–Crippen LogP) is 5.60. The van der Waals surface area contributed by atoms with Gasteiger partial charge in [-0.3, -0.25) is 0 Å². The first kappa shape index (κ1) is 19.1. The smallest absolute Gasteiger partial charge is 0.129 e. The zero-order chi connectivity index (χ0) is 19.8. The fourth-order valence-electron chi connectivity index (χ4n) is 3.98. The third-order valence-electron chi connectivity index (χ3n) is 5.58. The summed E-state index contributed by atoms with van der Waals surface area (Å²) in [6.45, 7) is 6.26. The molecule has 4 rings (SSSR count). The number of halogens is 1. The van der Waals surface area contributed by atoms with Gasteiger partial charge in [-0.25, -0.2) is 15.0 Å². The monoisotopic (exact) mass is 436 g/mol. The topological polar surface area (TPSA) is 43.6 Å². The highest BCUT2D eigenvalue weighted by molar-refractivity contribution is 9.10. The summed E-state index contributed by atoms with van der Waals surface area (Å²) >= 11 is 3.54. The van der Waals surface area contributed by atoms with E-state index >= 15 is 0 Å². The average molecular weight is 437 g/mol. The number of allylic oxidation sites excluding steroid dienone is 3. The second kappa shape index (κ2) is 7.63. The fourth-order valence-corrected chi connectivity index (χ4v) is 4.16. The number of aryl methyl sites for hydroxylation is 5. The second-order valence-corrected chi connectivity index (χ2v) is 8.20. The summed E-state index contributed by atoms with van der Waals surface area (Å²) in [6.07, 6.45) is 11.5. The lowest BCUT2D eigenvalue weighted by Gasteiger charge is -2.13. The number of fused-ring (bicyclic) bond motifs is 3. The number of hydrogen-bond donors (Lipinski definition) is 0. The van der Waals surface area contributed by atoms with Crippen LogP contribution in [0.15, 0.2) is 34.8 Å². The first-order valence-corrected chi connectivity index (χ1v) is 10.6. The Hall–Kier alpha value is -2.27. The van der Waals surface area contributed by atoms with Gasteiger partial charge in [0, 0.05) is 31.4 Å². The molecule has 4 nitrogen and oxygen atoms in total. The lowest BCUT2D eigenvalue weighted by molar-refractivity contribution is 0.750. The molecule has 0 saturated heterocycles. The largest absolute Gasteiger partial charge is 0.331 e. The van der Waals surface area contributed by atoms with E-state index in [0.717, 1.165) is 52.3 Å². The SMILES string of the molecule is CCC1C=CC=Cc2c1ccc1c2nc(CCc2nc(C)c(Br)c(C)n2)n1C. The van der Waals surface area contributed by atoms with Gasteiger partial charge in [-0.2, -0.15) is 0 Å². The molecule has 1 unspecified atom stereocenters. The van der Waals surface area contributed by atoms with Gasteiger partial charge >= 0.3 is 0 Å². The molecule has 144 valence electrons.